The van der Waals surface area contributed by atoms with Gasteiger partial charge in [-0.3, -0.25) is 4.68 Å². The van der Waals surface area contributed by atoms with Crippen LogP contribution in [0, 0.1) is 0 Å². The molecule has 0 saturated heterocycles. The Morgan fingerprint density at radius 1 is 1.35 bits per heavy atom. The second-order valence-electron chi connectivity index (χ2n) is 4.25. The molecular weight excluding hydrogens is 214 g/mol. The number of fused-ring (bicyclic) bond motifs is 1. The third-order valence-corrected chi connectivity index (χ3v) is 2.94. The number of rotatable bonds is 2. The maximum atomic E-state index is 4.13. The lowest BCUT2D eigenvalue weighted by atomic mass is 10.2. The molecule has 1 N–H and O–H groups in total. The van der Waals surface area contributed by atoms with E-state index in [2.05, 4.69) is 44.8 Å². The van der Waals surface area contributed by atoms with Crippen molar-refractivity contribution in [3.05, 3.63) is 36.2 Å². The van der Waals surface area contributed by atoms with Gasteiger partial charge in [-0.05, 0) is 12.1 Å². The number of anilines is 2. The maximum Gasteiger partial charge on any atom is 0.102 e. The zero-order valence-electron chi connectivity index (χ0n) is 9.80. The minimum atomic E-state index is 0.812. The summed E-state index contributed by atoms with van der Waals surface area (Å²) in [6.07, 6.45) is 1.96. The first-order valence-corrected chi connectivity index (χ1v) is 5.76. The van der Waals surface area contributed by atoms with Crippen LogP contribution in [0.25, 0.3) is 0 Å². The van der Waals surface area contributed by atoms with E-state index in [1.807, 2.05) is 13.2 Å². The van der Waals surface area contributed by atoms with Crippen molar-refractivity contribution in [2.75, 3.05) is 23.3 Å². The molecule has 0 unspecified atom stereocenters. The molecule has 2 heterocycles. The van der Waals surface area contributed by atoms with Crippen LogP contribution in [0.15, 0.2) is 30.5 Å². The molecule has 1 aliphatic rings. The number of hydrogen-bond acceptors (Lipinski definition) is 4. The lowest BCUT2D eigenvalue weighted by molar-refractivity contribution is 0.710. The third kappa shape index (κ3) is 1.95. The number of nitrogens with one attached hydrogen (secondary N) is 1. The molecule has 5 nitrogen and oxygen atoms in total. The molecule has 0 amide bonds. The summed E-state index contributed by atoms with van der Waals surface area (Å²) in [5, 5.41) is 11.5. The molecule has 0 atom stereocenters. The summed E-state index contributed by atoms with van der Waals surface area (Å²) < 4.78 is 1.74. The fourth-order valence-electron chi connectivity index (χ4n) is 2.17. The molecule has 88 valence electrons. The number of aromatic nitrogens is 3. The second kappa shape index (κ2) is 4.08. The van der Waals surface area contributed by atoms with Crippen molar-refractivity contribution in [3.8, 4) is 0 Å². The molecule has 0 saturated carbocycles. The highest BCUT2D eigenvalue weighted by atomic mass is 15.4. The number of nitrogens with zero attached hydrogens (tertiary/aromatic N) is 4. The van der Waals surface area contributed by atoms with Gasteiger partial charge >= 0.3 is 0 Å². The number of benzene rings is 1. The van der Waals surface area contributed by atoms with Crippen molar-refractivity contribution in [2.24, 2.45) is 7.05 Å². The molecule has 1 aliphatic heterocycles. The van der Waals surface area contributed by atoms with Crippen LogP contribution in [-0.4, -0.2) is 28.1 Å². The first kappa shape index (κ1) is 10.1. The Hall–Kier alpha value is -2.04. The van der Waals surface area contributed by atoms with Gasteiger partial charge in [0.25, 0.3) is 0 Å². The highest BCUT2D eigenvalue weighted by molar-refractivity contribution is 5.71. The van der Waals surface area contributed by atoms with Gasteiger partial charge in [0.05, 0.1) is 17.9 Å². The molecule has 17 heavy (non-hydrogen) atoms. The van der Waals surface area contributed by atoms with Crippen molar-refractivity contribution >= 4 is 11.4 Å². The average Bonchev–Trinajstić information content (AvgIpc) is 2.75. The summed E-state index contributed by atoms with van der Waals surface area (Å²) in [6.45, 7) is 2.78. The van der Waals surface area contributed by atoms with E-state index in [4.69, 9.17) is 0 Å². The summed E-state index contributed by atoms with van der Waals surface area (Å²) in [5.41, 5.74) is 3.44. The van der Waals surface area contributed by atoms with Gasteiger partial charge in [-0.25, -0.2) is 0 Å². The predicted octanol–water partition coefficient (Wildman–Crippen LogP) is 1.25. The molecule has 1 aromatic carbocycles. The Morgan fingerprint density at radius 3 is 3.06 bits per heavy atom. The van der Waals surface area contributed by atoms with Crippen LogP contribution >= 0.6 is 0 Å². The monoisotopic (exact) mass is 229 g/mol. The van der Waals surface area contributed by atoms with E-state index in [0.29, 0.717) is 0 Å². The van der Waals surface area contributed by atoms with Gasteiger partial charge in [0.15, 0.2) is 0 Å². The van der Waals surface area contributed by atoms with Gasteiger partial charge in [0.2, 0.25) is 0 Å². The highest BCUT2D eigenvalue weighted by Crippen LogP contribution is 2.29. The Balaban J connectivity index is 1.85. The van der Waals surface area contributed by atoms with Crippen LogP contribution in [0.4, 0.5) is 11.4 Å². The van der Waals surface area contributed by atoms with E-state index in [-0.39, 0.29) is 0 Å². The van der Waals surface area contributed by atoms with Crippen LogP contribution in [0.2, 0.25) is 0 Å². The molecule has 2 aromatic rings. The van der Waals surface area contributed by atoms with Gasteiger partial charge in [-0.1, -0.05) is 17.3 Å². The van der Waals surface area contributed by atoms with Gasteiger partial charge in [-0.2, -0.15) is 0 Å². The number of para-hydroxylation sites is 2. The normalized spacial score (nSPS) is 14.3. The molecule has 0 fully saturated rings. The standard InChI is InChI=1S/C12H15N5/c1-16-8-10(14-15-16)9-17-7-6-13-11-4-2-3-5-12(11)17/h2-5,8,13H,6-7,9H2,1H3. The average molecular weight is 229 g/mol. The van der Waals surface area contributed by atoms with Crippen molar-refractivity contribution in [2.45, 2.75) is 6.54 Å². The van der Waals surface area contributed by atoms with Crippen molar-refractivity contribution in [1.29, 1.82) is 0 Å². The molecule has 5 heteroatoms. The van der Waals surface area contributed by atoms with Crippen molar-refractivity contribution in [1.82, 2.24) is 15.0 Å². The molecule has 0 radical (unpaired) electrons. The van der Waals surface area contributed by atoms with Crippen LogP contribution in [-0.2, 0) is 13.6 Å². The van der Waals surface area contributed by atoms with Crippen molar-refractivity contribution < 1.29 is 0 Å². The van der Waals surface area contributed by atoms with E-state index >= 15 is 0 Å². The van der Waals surface area contributed by atoms with E-state index in [0.717, 1.165) is 25.3 Å². The summed E-state index contributed by atoms with van der Waals surface area (Å²) in [6, 6.07) is 8.36. The maximum absolute atomic E-state index is 4.13. The summed E-state index contributed by atoms with van der Waals surface area (Å²) in [7, 11) is 1.89. The quantitative estimate of drug-likeness (QED) is 0.841. The number of aryl methyl sites for hydroxylation is 1. The van der Waals surface area contributed by atoms with Gasteiger partial charge < -0.3 is 10.2 Å². The van der Waals surface area contributed by atoms with E-state index < -0.39 is 0 Å². The smallest absolute Gasteiger partial charge is 0.102 e. The zero-order valence-corrected chi connectivity index (χ0v) is 9.80. The highest BCUT2D eigenvalue weighted by Gasteiger charge is 2.16. The number of hydrogen-bond donors (Lipinski definition) is 1. The minimum absolute atomic E-state index is 0.812. The lowest BCUT2D eigenvalue weighted by Gasteiger charge is -2.31. The second-order valence-corrected chi connectivity index (χ2v) is 4.25. The molecule has 3 rings (SSSR count). The van der Waals surface area contributed by atoms with Crippen LogP contribution in [0.1, 0.15) is 5.69 Å². The third-order valence-electron chi connectivity index (χ3n) is 2.94. The Morgan fingerprint density at radius 2 is 2.24 bits per heavy atom. The Labute approximate surface area is 100 Å². The summed E-state index contributed by atoms with van der Waals surface area (Å²) in [4.78, 5) is 2.33. The molecule has 0 bridgehead atoms. The fourth-order valence-corrected chi connectivity index (χ4v) is 2.17. The topological polar surface area (TPSA) is 46.0 Å². The van der Waals surface area contributed by atoms with E-state index in [1.54, 1.807) is 4.68 Å². The molecule has 1 aromatic heterocycles. The van der Waals surface area contributed by atoms with E-state index in [9.17, 15) is 0 Å². The predicted molar refractivity (Wildman–Crippen MR) is 67.0 cm³/mol. The van der Waals surface area contributed by atoms with Crippen LogP contribution < -0.4 is 10.2 Å². The van der Waals surface area contributed by atoms with Crippen LogP contribution in [0.5, 0.6) is 0 Å². The lowest BCUT2D eigenvalue weighted by Crippen LogP contribution is -2.33. The largest absolute Gasteiger partial charge is 0.382 e. The minimum Gasteiger partial charge on any atom is -0.382 e. The first-order chi connectivity index (χ1) is 8.33. The summed E-state index contributed by atoms with van der Waals surface area (Å²) >= 11 is 0. The summed E-state index contributed by atoms with van der Waals surface area (Å²) in [5.74, 6) is 0. The zero-order chi connectivity index (χ0) is 11.7. The van der Waals surface area contributed by atoms with Gasteiger partial charge in [0, 0.05) is 26.3 Å². The van der Waals surface area contributed by atoms with E-state index in [1.165, 1.54) is 11.4 Å². The van der Waals surface area contributed by atoms with Gasteiger partial charge in [-0.15, -0.1) is 5.10 Å². The fraction of sp³-hybridized carbons (Fsp3) is 0.333. The molecular formula is C12H15N5. The SMILES string of the molecule is Cn1cc(CN2CCNc3ccccc32)nn1. The molecule has 0 aliphatic carbocycles. The Bertz CT molecular complexity index is 519. The first-order valence-electron chi connectivity index (χ1n) is 5.76. The van der Waals surface area contributed by atoms with Crippen molar-refractivity contribution in [3.63, 3.8) is 0 Å². The van der Waals surface area contributed by atoms with Gasteiger partial charge in [0.1, 0.15) is 5.69 Å². The Kier molecular flexibility index (Phi) is 2.44. The molecule has 0 spiro atoms. The van der Waals surface area contributed by atoms with Crippen LogP contribution in [0.3, 0.4) is 0 Å².